The molecule has 4 rings (SSSR count). The van der Waals surface area contributed by atoms with Crippen LogP contribution < -0.4 is 0 Å². The molecule has 204 valence electrons. The topological polar surface area (TPSA) is 138 Å². The largest absolute Gasteiger partial charge is 0.508 e. The first-order valence-electron chi connectivity index (χ1n) is 11.5. The summed E-state index contributed by atoms with van der Waals surface area (Å²) in [4.78, 5) is 8.56. The molecule has 9 heteroatoms. The van der Waals surface area contributed by atoms with Crippen LogP contribution in [0.1, 0.15) is 36.1 Å². The van der Waals surface area contributed by atoms with Gasteiger partial charge in [0.25, 0.3) is 0 Å². The normalized spacial score (nSPS) is 10.3. The zero-order chi connectivity index (χ0) is 29.2. The lowest BCUT2D eigenvalue weighted by atomic mass is 9.78. The molecule has 0 saturated carbocycles. The summed E-state index contributed by atoms with van der Waals surface area (Å²) in [5.41, 5.74) is 4.33. The van der Waals surface area contributed by atoms with E-state index in [0.29, 0.717) is 5.57 Å². The minimum Gasteiger partial charge on any atom is -0.508 e. The van der Waals surface area contributed by atoms with Gasteiger partial charge in [0, 0.05) is 11.0 Å². The monoisotopic (exact) mass is 570 g/mol. The van der Waals surface area contributed by atoms with Crippen LogP contribution in [-0.2, 0) is 5.41 Å². The number of hydrogen-bond acceptors (Lipinski definition) is 5. The van der Waals surface area contributed by atoms with Crippen molar-refractivity contribution in [2.45, 2.75) is 19.3 Å². The van der Waals surface area contributed by atoms with E-state index in [1.165, 1.54) is 0 Å². The van der Waals surface area contributed by atoms with Crippen molar-refractivity contribution in [1.29, 1.82) is 0 Å². The maximum atomic E-state index is 9.30. The Balaban J connectivity index is 0.000000241. The van der Waals surface area contributed by atoms with Gasteiger partial charge in [-0.1, -0.05) is 85.6 Å². The molecule has 0 radical (unpaired) electrons. The molecular weight excluding hydrogens is 543 g/mol. The van der Waals surface area contributed by atoms with Crippen molar-refractivity contribution >= 4 is 34.9 Å². The van der Waals surface area contributed by atoms with Crippen molar-refractivity contribution in [1.82, 2.24) is 0 Å². The summed E-state index contributed by atoms with van der Waals surface area (Å²) in [6.07, 6.45) is -1.83. The predicted molar refractivity (Wildman–Crippen MR) is 153 cm³/mol. The Kier molecular flexibility index (Phi) is 11.1. The number of carbonyl (C=O) groups is 1. The van der Waals surface area contributed by atoms with Crippen LogP contribution in [0, 0.1) is 0 Å². The van der Waals surface area contributed by atoms with E-state index in [-0.39, 0.29) is 32.9 Å². The Morgan fingerprint density at radius 3 is 1.00 bits per heavy atom. The molecule has 7 nitrogen and oxygen atoms in total. The maximum absolute atomic E-state index is 9.30. The number of aromatic hydroxyl groups is 4. The molecule has 0 unspecified atom stereocenters. The van der Waals surface area contributed by atoms with Crippen LogP contribution in [0.15, 0.2) is 102 Å². The Labute approximate surface area is 236 Å². The van der Waals surface area contributed by atoms with Gasteiger partial charge in [0.15, 0.2) is 0 Å². The molecule has 0 aliphatic rings. The fraction of sp³-hybridized carbons (Fsp3) is 0.100. The highest BCUT2D eigenvalue weighted by molar-refractivity contribution is 6.59. The van der Waals surface area contributed by atoms with E-state index in [1.807, 2.05) is 24.3 Å². The lowest BCUT2D eigenvalue weighted by Gasteiger charge is -2.26. The van der Waals surface area contributed by atoms with Gasteiger partial charge in [-0.15, -0.1) is 0 Å². The molecule has 4 aromatic rings. The zero-order valence-electron chi connectivity index (χ0n) is 21.1. The van der Waals surface area contributed by atoms with Crippen molar-refractivity contribution in [2.24, 2.45) is 0 Å². The summed E-state index contributed by atoms with van der Waals surface area (Å²) in [5, 5.41) is 51.1. The van der Waals surface area contributed by atoms with Gasteiger partial charge in [0.1, 0.15) is 27.5 Å². The highest BCUT2D eigenvalue weighted by Crippen LogP contribution is 2.34. The molecule has 4 aromatic carbocycles. The Morgan fingerprint density at radius 1 is 0.538 bits per heavy atom. The van der Waals surface area contributed by atoms with Crippen molar-refractivity contribution in [2.75, 3.05) is 0 Å². The van der Waals surface area contributed by atoms with Crippen LogP contribution in [0.3, 0.4) is 0 Å². The lowest BCUT2D eigenvalue weighted by Crippen LogP contribution is -2.18. The first-order chi connectivity index (χ1) is 18.3. The summed E-state index contributed by atoms with van der Waals surface area (Å²) in [6, 6.07) is 27.6. The smallest absolute Gasteiger partial charge is 0.503 e. The zero-order valence-corrected chi connectivity index (χ0v) is 22.6. The van der Waals surface area contributed by atoms with Gasteiger partial charge in [0.2, 0.25) is 0 Å². The van der Waals surface area contributed by atoms with E-state index in [4.69, 9.17) is 38.2 Å². The average molecular weight is 571 g/mol. The third-order valence-electron chi connectivity index (χ3n) is 5.68. The van der Waals surface area contributed by atoms with Crippen LogP contribution in [0.2, 0.25) is 0 Å². The number of benzene rings is 4. The first-order valence-corrected chi connectivity index (χ1v) is 12.2. The van der Waals surface area contributed by atoms with Crippen molar-refractivity contribution in [3.05, 3.63) is 124 Å². The highest BCUT2D eigenvalue weighted by atomic mass is 35.5. The minimum absolute atomic E-state index is 0.131. The molecule has 0 fully saturated rings. The maximum Gasteiger partial charge on any atom is 0.503 e. The van der Waals surface area contributed by atoms with Gasteiger partial charge in [-0.2, -0.15) is 0 Å². The molecule has 0 atom stereocenters. The molecule has 0 bridgehead atoms. The molecule has 0 spiro atoms. The molecular formula is C30H28Cl2O7. The fourth-order valence-electron chi connectivity index (χ4n) is 3.56. The van der Waals surface area contributed by atoms with Gasteiger partial charge in [-0.25, -0.2) is 4.79 Å². The van der Waals surface area contributed by atoms with E-state index in [1.54, 1.807) is 72.8 Å². The fourth-order valence-corrected chi connectivity index (χ4v) is 4.00. The highest BCUT2D eigenvalue weighted by Gasteiger charge is 2.22. The van der Waals surface area contributed by atoms with Crippen LogP contribution in [0.4, 0.5) is 4.79 Å². The lowest BCUT2D eigenvalue weighted by molar-refractivity contribution is 0.137. The number of carboxylic acid groups (broad SMARTS) is 2. The molecule has 0 saturated heterocycles. The van der Waals surface area contributed by atoms with E-state index in [2.05, 4.69) is 13.8 Å². The quantitative estimate of drug-likeness (QED) is 0.146. The molecule has 0 heterocycles. The van der Waals surface area contributed by atoms with Crippen molar-refractivity contribution in [3.8, 4) is 23.0 Å². The second-order valence-electron chi connectivity index (χ2n) is 8.73. The molecule has 6 N–H and O–H groups in total. The van der Waals surface area contributed by atoms with Crippen molar-refractivity contribution < 1.29 is 35.4 Å². The standard InChI is InChI=1S/C15H16O2.C14H10Cl2O2.CH2O3/c1-15(2,11-3-7-13(16)8-4-11)12-5-9-14(17)10-6-12;15-14(16)13(9-1-5-11(17)6-2-9)10-3-7-12(18)8-4-10;2-1(3)4/h3-10,16-17H,1-2H3;1-8,17-18H;(H2,2,3,4). The van der Waals surface area contributed by atoms with Crippen LogP contribution in [0.25, 0.3) is 5.57 Å². The Bertz CT molecular complexity index is 1280. The molecule has 0 aromatic heterocycles. The molecule has 0 amide bonds. The summed E-state index contributed by atoms with van der Waals surface area (Å²) in [5.74, 6) is 0.898. The van der Waals surface area contributed by atoms with Gasteiger partial charge >= 0.3 is 6.16 Å². The predicted octanol–water partition coefficient (Wildman–Crippen LogP) is 7.94. The molecule has 0 aliphatic carbocycles. The van der Waals surface area contributed by atoms with Crippen LogP contribution >= 0.6 is 23.2 Å². The second kappa shape index (κ2) is 14.0. The Morgan fingerprint density at radius 2 is 0.769 bits per heavy atom. The van der Waals surface area contributed by atoms with E-state index in [0.717, 1.165) is 22.3 Å². The Hall–Kier alpha value is -4.33. The number of hydrogen-bond donors (Lipinski definition) is 6. The number of rotatable bonds is 4. The summed E-state index contributed by atoms with van der Waals surface area (Å²) < 4.78 is 0.131. The average Bonchev–Trinajstić information content (AvgIpc) is 2.87. The van der Waals surface area contributed by atoms with Crippen LogP contribution in [0.5, 0.6) is 23.0 Å². The van der Waals surface area contributed by atoms with E-state index >= 15 is 0 Å². The molecule has 0 aliphatic heterocycles. The summed E-state index contributed by atoms with van der Waals surface area (Å²) >= 11 is 11.8. The van der Waals surface area contributed by atoms with Gasteiger partial charge in [-0.05, 0) is 70.8 Å². The van der Waals surface area contributed by atoms with Gasteiger partial charge < -0.3 is 30.6 Å². The number of phenols is 4. The minimum atomic E-state index is -1.83. The molecule has 39 heavy (non-hydrogen) atoms. The van der Waals surface area contributed by atoms with Gasteiger partial charge in [-0.3, -0.25) is 0 Å². The second-order valence-corrected chi connectivity index (χ2v) is 9.68. The van der Waals surface area contributed by atoms with Crippen LogP contribution in [-0.4, -0.2) is 36.8 Å². The third-order valence-corrected chi connectivity index (χ3v) is 6.06. The number of phenolic OH excluding ortho intramolecular Hbond substituents is 4. The summed E-state index contributed by atoms with van der Waals surface area (Å²) in [6.45, 7) is 4.23. The summed E-state index contributed by atoms with van der Waals surface area (Å²) in [7, 11) is 0. The van der Waals surface area contributed by atoms with E-state index < -0.39 is 6.16 Å². The number of halogens is 2. The van der Waals surface area contributed by atoms with Crippen molar-refractivity contribution in [3.63, 3.8) is 0 Å². The third kappa shape index (κ3) is 9.48. The van der Waals surface area contributed by atoms with E-state index in [9.17, 15) is 20.4 Å². The van der Waals surface area contributed by atoms with Gasteiger partial charge in [0.05, 0.1) is 0 Å². The first kappa shape index (κ1) is 30.9. The SMILES string of the molecule is CC(C)(c1ccc(O)cc1)c1ccc(O)cc1.O=C(O)O.Oc1ccc(C(=C(Cl)Cl)c2ccc(O)cc2)cc1.